The Hall–Kier alpha value is -3.08. The van der Waals surface area contributed by atoms with Crippen LogP contribution in [0.5, 0.6) is 5.75 Å². The molecule has 6 heteroatoms. The van der Waals surface area contributed by atoms with E-state index in [1.54, 1.807) is 24.3 Å². The molecule has 3 aromatic carbocycles. The minimum Gasteiger partial charge on any atom is -0.493 e. The number of carbonyl (C=O) groups excluding carboxylic acids is 1. The van der Waals surface area contributed by atoms with Crippen molar-refractivity contribution >= 4 is 41.1 Å². The molecular formula is C24H17Cl2NO3. The molecule has 4 rings (SSSR count). The Morgan fingerprint density at radius 1 is 0.933 bits per heavy atom. The van der Waals surface area contributed by atoms with Crippen LogP contribution >= 0.6 is 23.2 Å². The molecule has 0 radical (unpaired) electrons. The number of para-hydroxylation sites is 1. The summed E-state index contributed by atoms with van der Waals surface area (Å²) < 4.78 is 11.3. The van der Waals surface area contributed by atoms with Crippen molar-refractivity contribution in [3.05, 3.63) is 105 Å². The maximum Gasteiger partial charge on any atom is 0.363 e. The summed E-state index contributed by atoms with van der Waals surface area (Å²) in [6, 6.07) is 22.5. The number of rotatable bonds is 6. The van der Waals surface area contributed by atoms with Crippen LogP contribution in [0, 0.1) is 0 Å². The number of carbonyl (C=O) groups is 1. The van der Waals surface area contributed by atoms with Gasteiger partial charge in [-0.15, -0.1) is 0 Å². The highest BCUT2D eigenvalue weighted by atomic mass is 35.5. The van der Waals surface area contributed by atoms with Crippen molar-refractivity contribution in [1.29, 1.82) is 0 Å². The molecule has 1 heterocycles. The molecule has 0 bridgehead atoms. The largest absolute Gasteiger partial charge is 0.493 e. The van der Waals surface area contributed by atoms with Crippen molar-refractivity contribution in [3.8, 4) is 5.75 Å². The monoisotopic (exact) mass is 437 g/mol. The van der Waals surface area contributed by atoms with Gasteiger partial charge >= 0.3 is 5.97 Å². The maximum absolute atomic E-state index is 12.3. The van der Waals surface area contributed by atoms with E-state index >= 15 is 0 Å². The van der Waals surface area contributed by atoms with E-state index < -0.39 is 5.97 Å². The van der Waals surface area contributed by atoms with Crippen molar-refractivity contribution in [2.45, 2.75) is 6.42 Å². The second kappa shape index (κ2) is 9.16. The second-order valence-electron chi connectivity index (χ2n) is 6.59. The van der Waals surface area contributed by atoms with E-state index in [1.807, 2.05) is 42.5 Å². The van der Waals surface area contributed by atoms with Crippen LogP contribution in [0.15, 0.2) is 83.5 Å². The minimum absolute atomic E-state index is 0.187. The van der Waals surface area contributed by atoms with Gasteiger partial charge in [0.05, 0.1) is 16.7 Å². The summed E-state index contributed by atoms with van der Waals surface area (Å²) in [7, 11) is 0. The van der Waals surface area contributed by atoms with Gasteiger partial charge in [0, 0.05) is 17.5 Å². The minimum atomic E-state index is -0.532. The lowest BCUT2D eigenvalue weighted by atomic mass is 10.1. The molecule has 4 nitrogen and oxygen atoms in total. The first-order valence-electron chi connectivity index (χ1n) is 9.34. The lowest BCUT2D eigenvalue weighted by molar-refractivity contribution is -0.129. The summed E-state index contributed by atoms with van der Waals surface area (Å²) in [4.78, 5) is 16.6. The molecule has 3 aromatic rings. The lowest BCUT2D eigenvalue weighted by Crippen LogP contribution is -2.05. The zero-order valence-electron chi connectivity index (χ0n) is 15.8. The van der Waals surface area contributed by atoms with E-state index in [0.29, 0.717) is 28.0 Å². The number of cyclic esters (lactones) is 1. The molecule has 150 valence electrons. The van der Waals surface area contributed by atoms with Crippen LogP contribution in [0.2, 0.25) is 10.0 Å². The highest BCUT2D eigenvalue weighted by Gasteiger charge is 2.25. The Labute approximate surface area is 184 Å². The topological polar surface area (TPSA) is 47.9 Å². The van der Waals surface area contributed by atoms with Crippen LogP contribution in [-0.2, 0) is 16.0 Å². The molecular weight excluding hydrogens is 421 g/mol. The van der Waals surface area contributed by atoms with Gasteiger partial charge in [0.1, 0.15) is 5.75 Å². The summed E-state index contributed by atoms with van der Waals surface area (Å²) >= 11 is 12.0. The van der Waals surface area contributed by atoms with Gasteiger partial charge in [0.2, 0.25) is 5.90 Å². The van der Waals surface area contributed by atoms with Gasteiger partial charge < -0.3 is 9.47 Å². The lowest BCUT2D eigenvalue weighted by Gasteiger charge is -2.09. The third kappa shape index (κ3) is 4.73. The first kappa shape index (κ1) is 20.2. The van der Waals surface area contributed by atoms with Gasteiger partial charge in [-0.3, -0.25) is 0 Å². The standard InChI is InChI=1S/C24H17Cl2NO3/c25-19-11-10-18(14-20(19)26)23-27-21(24(28)30-23)15-17-8-4-5-9-22(17)29-13-12-16-6-2-1-3-7-16/h1-11,14-15H,12-13H2/b21-15-. The number of halogens is 2. The Morgan fingerprint density at radius 2 is 1.70 bits per heavy atom. The van der Waals surface area contributed by atoms with Crippen molar-refractivity contribution < 1.29 is 14.3 Å². The van der Waals surface area contributed by atoms with E-state index in [-0.39, 0.29) is 11.6 Å². The second-order valence-corrected chi connectivity index (χ2v) is 7.40. The molecule has 0 fully saturated rings. The smallest absolute Gasteiger partial charge is 0.363 e. The van der Waals surface area contributed by atoms with Gasteiger partial charge in [-0.05, 0) is 35.9 Å². The van der Waals surface area contributed by atoms with E-state index in [1.165, 1.54) is 5.56 Å². The Morgan fingerprint density at radius 3 is 2.50 bits per heavy atom. The molecule has 0 spiro atoms. The van der Waals surface area contributed by atoms with Crippen molar-refractivity contribution in [1.82, 2.24) is 0 Å². The summed E-state index contributed by atoms with van der Waals surface area (Å²) in [5, 5.41) is 0.783. The molecule has 0 aromatic heterocycles. The quantitative estimate of drug-likeness (QED) is 0.353. The van der Waals surface area contributed by atoms with Crippen LogP contribution < -0.4 is 4.74 Å². The normalized spacial score (nSPS) is 14.5. The first-order chi connectivity index (χ1) is 14.6. The van der Waals surface area contributed by atoms with E-state index in [9.17, 15) is 4.79 Å². The van der Waals surface area contributed by atoms with Crippen LogP contribution in [0.4, 0.5) is 0 Å². The van der Waals surface area contributed by atoms with Crippen molar-refractivity contribution in [2.24, 2.45) is 4.99 Å². The SMILES string of the molecule is O=C1OC(c2ccc(Cl)c(Cl)c2)=N/C1=C\c1ccccc1OCCc1ccccc1. The zero-order valence-corrected chi connectivity index (χ0v) is 17.4. The summed E-state index contributed by atoms with van der Waals surface area (Å²) in [5.41, 5.74) is 2.71. The number of hydrogen-bond donors (Lipinski definition) is 0. The van der Waals surface area contributed by atoms with Gasteiger partial charge in [-0.1, -0.05) is 71.7 Å². The maximum atomic E-state index is 12.3. The van der Waals surface area contributed by atoms with Gasteiger partial charge in [-0.25, -0.2) is 9.79 Å². The average molecular weight is 438 g/mol. The fourth-order valence-electron chi connectivity index (χ4n) is 2.96. The van der Waals surface area contributed by atoms with E-state index in [2.05, 4.69) is 17.1 Å². The molecule has 1 aliphatic rings. The summed E-state index contributed by atoms with van der Waals surface area (Å²) in [6.45, 7) is 0.520. The van der Waals surface area contributed by atoms with Crippen molar-refractivity contribution in [3.63, 3.8) is 0 Å². The fraction of sp³-hybridized carbons (Fsp3) is 0.0833. The Kier molecular flexibility index (Phi) is 6.17. The predicted octanol–water partition coefficient (Wildman–Crippen LogP) is 5.96. The zero-order chi connectivity index (χ0) is 20.9. The number of benzene rings is 3. The number of nitrogens with zero attached hydrogens (tertiary/aromatic N) is 1. The van der Waals surface area contributed by atoms with Gasteiger partial charge in [0.15, 0.2) is 5.70 Å². The molecule has 0 unspecified atom stereocenters. The third-order valence-corrected chi connectivity index (χ3v) is 5.23. The van der Waals surface area contributed by atoms with Crippen molar-refractivity contribution in [2.75, 3.05) is 6.61 Å². The number of ether oxygens (including phenoxy) is 2. The molecule has 1 aliphatic heterocycles. The van der Waals surface area contributed by atoms with Crippen LogP contribution in [0.1, 0.15) is 16.7 Å². The number of esters is 1. The van der Waals surface area contributed by atoms with Gasteiger partial charge in [0.25, 0.3) is 0 Å². The van der Waals surface area contributed by atoms with Gasteiger partial charge in [-0.2, -0.15) is 0 Å². The molecule has 0 saturated carbocycles. The molecule has 0 amide bonds. The van der Waals surface area contributed by atoms with E-state index in [0.717, 1.165) is 12.0 Å². The fourth-order valence-corrected chi connectivity index (χ4v) is 3.26. The molecule has 0 saturated heterocycles. The summed E-state index contributed by atoms with van der Waals surface area (Å²) in [6.07, 6.45) is 2.44. The highest BCUT2D eigenvalue weighted by molar-refractivity contribution is 6.42. The average Bonchev–Trinajstić information content (AvgIpc) is 3.12. The Bertz CT molecular complexity index is 1140. The number of aliphatic imine (C=N–C) groups is 1. The summed E-state index contributed by atoms with van der Waals surface area (Å²) in [5.74, 6) is 0.328. The molecule has 0 atom stereocenters. The van der Waals surface area contributed by atoms with E-state index in [4.69, 9.17) is 32.7 Å². The van der Waals surface area contributed by atoms with Crippen LogP contribution in [0.3, 0.4) is 0 Å². The Balaban J connectivity index is 1.53. The molecule has 0 aliphatic carbocycles. The molecule has 0 N–H and O–H groups in total. The third-order valence-electron chi connectivity index (χ3n) is 4.49. The first-order valence-corrected chi connectivity index (χ1v) is 10.1. The predicted molar refractivity (Wildman–Crippen MR) is 119 cm³/mol. The molecule has 30 heavy (non-hydrogen) atoms. The number of hydrogen-bond acceptors (Lipinski definition) is 4. The van der Waals surface area contributed by atoms with Crippen LogP contribution in [-0.4, -0.2) is 18.5 Å². The highest BCUT2D eigenvalue weighted by Crippen LogP contribution is 2.27. The van der Waals surface area contributed by atoms with Crippen LogP contribution in [0.25, 0.3) is 6.08 Å².